The number of hydrogen-bond donors (Lipinski definition) is 1. The monoisotopic (exact) mass is 439 g/mol. The van der Waals surface area contributed by atoms with E-state index in [0.29, 0.717) is 27.8 Å². The third-order valence-corrected chi connectivity index (χ3v) is 5.39. The number of methoxy groups -OCH3 is 4. The van der Waals surface area contributed by atoms with E-state index < -0.39 is 11.9 Å². The van der Waals surface area contributed by atoms with Gasteiger partial charge in [-0.15, -0.1) is 11.3 Å². The third kappa shape index (κ3) is 4.70. The van der Waals surface area contributed by atoms with Crippen molar-refractivity contribution in [2.45, 2.75) is 6.04 Å². The standard InChI is InChI=1S/C22H21N3O5S/c1-27-15-7-5-13(6-8-15)22-25-17(12-31-22)21(26)24-16(11-23)14-9-18(28-2)20(30-4)19(10-14)29-3/h5-10,12,16H,1-4H3,(H,24,26). The van der Waals surface area contributed by atoms with Crippen LogP contribution in [0.5, 0.6) is 23.0 Å². The van der Waals surface area contributed by atoms with E-state index in [2.05, 4.69) is 16.4 Å². The van der Waals surface area contributed by atoms with Crippen molar-refractivity contribution >= 4 is 17.2 Å². The summed E-state index contributed by atoms with van der Waals surface area (Å²) in [6.07, 6.45) is 0. The summed E-state index contributed by atoms with van der Waals surface area (Å²) < 4.78 is 21.1. The van der Waals surface area contributed by atoms with Gasteiger partial charge in [0.15, 0.2) is 11.5 Å². The zero-order chi connectivity index (χ0) is 22.4. The molecule has 0 aliphatic rings. The summed E-state index contributed by atoms with van der Waals surface area (Å²) in [4.78, 5) is 17.1. The summed E-state index contributed by atoms with van der Waals surface area (Å²) in [6, 6.07) is 11.8. The van der Waals surface area contributed by atoms with Crippen LogP contribution in [0.3, 0.4) is 0 Å². The molecule has 0 bridgehead atoms. The van der Waals surface area contributed by atoms with Gasteiger partial charge in [0.25, 0.3) is 5.91 Å². The predicted molar refractivity (Wildman–Crippen MR) is 116 cm³/mol. The van der Waals surface area contributed by atoms with Crippen LogP contribution in [0.4, 0.5) is 0 Å². The topological polar surface area (TPSA) is 103 Å². The van der Waals surface area contributed by atoms with Gasteiger partial charge in [-0.05, 0) is 42.0 Å². The Hall–Kier alpha value is -3.77. The van der Waals surface area contributed by atoms with Crippen molar-refractivity contribution in [1.29, 1.82) is 5.26 Å². The van der Waals surface area contributed by atoms with Crippen molar-refractivity contribution in [2.75, 3.05) is 28.4 Å². The number of rotatable bonds is 8. The van der Waals surface area contributed by atoms with Gasteiger partial charge in [-0.2, -0.15) is 5.26 Å². The Bertz CT molecular complexity index is 1080. The van der Waals surface area contributed by atoms with Crippen LogP contribution >= 0.6 is 11.3 Å². The van der Waals surface area contributed by atoms with Gasteiger partial charge in [0.2, 0.25) is 5.75 Å². The van der Waals surface area contributed by atoms with Gasteiger partial charge in [-0.25, -0.2) is 4.98 Å². The minimum atomic E-state index is -0.938. The van der Waals surface area contributed by atoms with Crippen molar-refractivity contribution in [3.8, 4) is 39.6 Å². The van der Waals surface area contributed by atoms with Gasteiger partial charge in [0, 0.05) is 10.9 Å². The Labute approximate surface area is 184 Å². The van der Waals surface area contributed by atoms with Gasteiger partial charge < -0.3 is 24.3 Å². The van der Waals surface area contributed by atoms with Crippen LogP contribution in [0.2, 0.25) is 0 Å². The first-order valence-corrected chi connectivity index (χ1v) is 10.0. The predicted octanol–water partition coefficient (Wildman–Crippen LogP) is 3.84. The fourth-order valence-electron chi connectivity index (χ4n) is 2.91. The molecule has 3 aromatic rings. The molecule has 8 nitrogen and oxygen atoms in total. The van der Waals surface area contributed by atoms with E-state index in [-0.39, 0.29) is 5.69 Å². The average molecular weight is 439 g/mol. The number of hydrogen-bond acceptors (Lipinski definition) is 8. The van der Waals surface area contributed by atoms with Crippen molar-refractivity contribution in [1.82, 2.24) is 10.3 Å². The Kier molecular flexibility index (Phi) is 6.95. The summed E-state index contributed by atoms with van der Waals surface area (Å²) in [7, 11) is 6.06. The Morgan fingerprint density at radius 1 is 1.03 bits per heavy atom. The van der Waals surface area contributed by atoms with Gasteiger partial charge in [-0.1, -0.05) is 0 Å². The van der Waals surface area contributed by atoms with Crippen LogP contribution in [0.25, 0.3) is 10.6 Å². The molecule has 2 aromatic carbocycles. The van der Waals surface area contributed by atoms with Gasteiger partial charge in [-0.3, -0.25) is 4.79 Å². The van der Waals surface area contributed by atoms with Crippen molar-refractivity contribution in [2.24, 2.45) is 0 Å². The number of aromatic nitrogens is 1. The van der Waals surface area contributed by atoms with Crippen molar-refractivity contribution in [3.05, 3.63) is 53.0 Å². The number of nitrogens with one attached hydrogen (secondary N) is 1. The molecular formula is C22H21N3O5S. The van der Waals surface area contributed by atoms with Crippen molar-refractivity contribution in [3.63, 3.8) is 0 Å². The molecule has 1 unspecified atom stereocenters. The molecule has 9 heteroatoms. The minimum Gasteiger partial charge on any atom is -0.497 e. The van der Waals surface area contributed by atoms with Crippen LogP contribution in [-0.2, 0) is 0 Å². The molecule has 3 rings (SSSR count). The lowest BCUT2D eigenvalue weighted by Gasteiger charge is -2.17. The molecule has 1 amide bonds. The van der Waals surface area contributed by atoms with Gasteiger partial charge >= 0.3 is 0 Å². The van der Waals surface area contributed by atoms with E-state index >= 15 is 0 Å². The zero-order valence-electron chi connectivity index (χ0n) is 17.5. The van der Waals surface area contributed by atoms with E-state index in [4.69, 9.17) is 18.9 Å². The molecule has 0 fully saturated rings. The SMILES string of the molecule is COc1ccc(-c2nc(C(=O)NC(C#N)c3cc(OC)c(OC)c(OC)c3)cs2)cc1. The molecule has 160 valence electrons. The van der Waals surface area contributed by atoms with Gasteiger partial charge in [0.05, 0.1) is 34.5 Å². The molecule has 1 atom stereocenters. The van der Waals surface area contributed by atoms with Crippen LogP contribution in [0.1, 0.15) is 22.1 Å². The number of ether oxygens (including phenoxy) is 4. The second-order valence-electron chi connectivity index (χ2n) is 6.26. The molecule has 1 aromatic heterocycles. The summed E-state index contributed by atoms with van der Waals surface area (Å²) >= 11 is 1.34. The minimum absolute atomic E-state index is 0.225. The second-order valence-corrected chi connectivity index (χ2v) is 7.12. The average Bonchev–Trinajstić information content (AvgIpc) is 3.32. The first kappa shape index (κ1) is 21.9. The van der Waals surface area contributed by atoms with Gasteiger partial charge in [0.1, 0.15) is 22.5 Å². The summed E-state index contributed by atoms with van der Waals surface area (Å²) in [5.74, 6) is 1.46. The quantitative estimate of drug-likeness (QED) is 0.569. The smallest absolute Gasteiger partial charge is 0.272 e. The molecular weight excluding hydrogens is 418 g/mol. The van der Waals surface area contributed by atoms with Crippen molar-refractivity contribution < 1.29 is 23.7 Å². The summed E-state index contributed by atoms with van der Waals surface area (Å²) in [5, 5.41) is 14.7. The van der Waals surface area contributed by atoms with E-state index in [1.165, 1.54) is 32.7 Å². The second kappa shape index (κ2) is 9.82. The Morgan fingerprint density at radius 3 is 2.19 bits per heavy atom. The largest absolute Gasteiger partial charge is 0.497 e. The molecule has 0 saturated carbocycles. The maximum Gasteiger partial charge on any atom is 0.272 e. The maximum absolute atomic E-state index is 12.7. The number of nitrogens with zero attached hydrogens (tertiary/aromatic N) is 2. The molecule has 0 aliphatic heterocycles. The number of thiazole rings is 1. The molecule has 1 N–H and O–H groups in total. The number of carbonyl (C=O) groups excluding carboxylic acids is 1. The van der Waals surface area contributed by atoms with E-state index in [1.807, 2.05) is 24.3 Å². The zero-order valence-corrected chi connectivity index (χ0v) is 18.3. The van der Waals surface area contributed by atoms with E-state index in [9.17, 15) is 10.1 Å². The Morgan fingerprint density at radius 2 is 1.68 bits per heavy atom. The highest BCUT2D eigenvalue weighted by Crippen LogP contribution is 2.39. The fraction of sp³-hybridized carbons (Fsp3) is 0.227. The first-order chi connectivity index (χ1) is 15.0. The maximum atomic E-state index is 12.7. The number of benzene rings is 2. The van der Waals surface area contributed by atoms with Crippen LogP contribution in [0, 0.1) is 11.3 Å². The lowest BCUT2D eigenvalue weighted by molar-refractivity contribution is 0.0941. The number of nitriles is 1. The first-order valence-electron chi connectivity index (χ1n) is 9.15. The fourth-order valence-corrected chi connectivity index (χ4v) is 3.71. The van der Waals surface area contributed by atoms with Crippen LogP contribution in [0.15, 0.2) is 41.8 Å². The number of carbonyl (C=O) groups is 1. The van der Waals surface area contributed by atoms with E-state index in [0.717, 1.165) is 11.3 Å². The van der Waals surface area contributed by atoms with Crippen LogP contribution < -0.4 is 24.3 Å². The molecule has 0 saturated heterocycles. The highest BCUT2D eigenvalue weighted by Gasteiger charge is 2.22. The summed E-state index contributed by atoms with van der Waals surface area (Å²) in [5.41, 5.74) is 1.59. The molecule has 31 heavy (non-hydrogen) atoms. The highest BCUT2D eigenvalue weighted by atomic mass is 32.1. The normalized spacial score (nSPS) is 11.2. The molecule has 1 heterocycles. The lowest BCUT2D eigenvalue weighted by atomic mass is 10.1. The molecule has 0 spiro atoms. The van der Waals surface area contributed by atoms with E-state index in [1.54, 1.807) is 24.6 Å². The molecule has 0 aliphatic carbocycles. The molecule has 0 radical (unpaired) electrons. The lowest BCUT2D eigenvalue weighted by Crippen LogP contribution is -2.28. The third-order valence-electron chi connectivity index (χ3n) is 4.50. The number of amides is 1. The van der Waals surface area contributed by atoms with Crippen LogP contribution in [-0.4, -0.2) is 39.3 Å². The highest BCUT2D eigenvalue weighted by molar-refractivity contribution is 7.13. The Balaban J connectivity index is 1.82. The summed E-state index contributed by atoms with van der Waals surface area (Å²) in [6.45, 7) is 0.